The highest BCUT2D eigenvalue weighted by molar-refractivity contribution is 5.83. The van der Waals surface area contributed by atoms with Crippen LogP contribution in [-0.2, 0) is 6.42 Å². The standard InChI is InChI=1S/C22H24/c1-18(9-5-6-12-19-10-3-2-4-11-19)21-16-15-20-13-7-8-14-22(20)17-21/h2-4,7-8,10-11,13-18H,5-6,9,12H2,1H3. The molecule has 0 radical (unpaired) electrons. The quantitative estimate of drug-likeness (QED) is 0.463. The Labute approximate surface area is 133 Å². The molecule has 0 bridgehead atoms. The highest BCUT2D eigenvalue weighted by atomic mass is 14.1. The Balaban J connectivity index is 1.53. The van der Waals surface area contributed by atoms with E-state index in [4.69, 9.17) is 0 Å². The van der Waals surface area contributed by atoms with E-state index in [1.165, 1.54) is 47.6 Å². The number of unbranched alkanes of at least 4 members (excludes halogenated alkanes) is 1. The summed E-state index contributed by atoms with van der Waals surface area (Å²) in [5, 5.41) is 2.69. The fourth-order valence-electron chi connectivity index (χ4n) is 3.11. The second kappa shape index (κ2) is 7.26. The van der Waals surface area contributed by atoms with Crippen molar-refractivity contribution in [3.05, 3.63) is 83.9 Å². The number of fused-ring (bicyclic) bond motifs is 1. The Morgan fingerprint density at radius 2 is 1.45 bits per heavy atom. The topological polar surface area (TPSA) is 0 Å². The van der Waals surface area contributed by atoms with Crippen LogP contribution < -0.4 is 0 Å². The maximum absolute atomic E-state index is 2.36. The van der Waals surface area contributed by atoms with Crippen molar-refractivity contribution in [2.45, 2.75) is 38.5 Å². The van der Waals surface area contributed by atoms with Crippen molar-refractivity contribution in [2.75, 3.05) is 0 Å². The Hall–Kier alpha value is -2.08. The zero-order valence-corrected chi connectivity index (χ0v) is 13.3. The summed E-state index contributed by atoms with van der Waals surface area (Å²) in [5.41, 5.74) is 2.93. The van der Waals surface area contributed by atoms with E-state index in [2.05, 4.69) is 79.7 Å². The first kappa shape index (κ1) is 14.8. The van der Waals surface area contributed by atoms with Crippen LogP contribution in [0.5, 0.6) is 0 Å². The van der Waals surface area contributed by atoms with Crippen molar-refractivity contribution >= 4 is 10.8 Å². The summed E-state index contributed by atoms with van der Waals surface area (Å²) in [5.74, 6) is 0.639. The van der Waals surface area contributed by atoms with Gasteiger partial charge in [0, 0.05) is 0 Å². The molecule has 22 heavy (non-hydrogen) atoms. The van der Waals surface area contributed by atoms with Crippen LogP contribution in [0.15, 0.2) is 72.8 Å². The van der Waals surface area contributed by atoms with Gasteiger partial charge in [0.15, 0.2) is 0 Å². The van der Waals surface area contributed by atoms with Crippen LogP contribution in [-0.4, -0.2) is 0 Å². The van der Waals surface area contributed by atoms with Gasteiger partial charge in [-0.15, -0.1) is 0 Å². The molecule has 0 saturated heterocycles. The average Bonchev–Trinajstić information content (AvgIpc) is 2.59. The molecule has 0 aromatic heterocycles. The van der Waals surface area contributed by atoms with E-state index >= 15 is 0 Å². The van der Waals surface area contributed by atoms with Crippen molar-refractivity contribution in [3.63, 3.8) is 0 Å². The Morgan fingerprint density at radius 3 is 2.27 bits per heavy atom. The summed E-state index contributed by atoms with van der Waals surface area (Å²) < 4.78 is 0. The van der Waals surface area contributed by atoms with Gasteiger partial charge in [-0.05, 0) is 47.1 Å². The van der Waals surface area contributed by atoms with Gasteiger partial charge in [-0.3, -0.25) is 0 Å². The third-order valence-electron chi connectivity index (χ3n) is 4.54. The largest absolute Gasteiger partial charge is 0.0622 e. The Kier molecular flexibility index (Phi) is 4.90. The maximum atomic E-state index is 2.36. The molecule has 0 heteroatoms. The second-order valence-electron chi connectivity index (χ2n) is 6.24. The Bertz CT molecular complexity index is 712. The lowest BCUT2D eigenvalue weighted by Crippen LogP contribution is -1.95. The van der Waals surface area contributed by atoms with Gasteiger partial charge in [-0.25, -0.2) is 0 Å². The van der Waals surface area contributed by atoms with Gasteiger partial charge >= 0.3 is 0 Å². The summed E-state index contributed by atoms with van der Waals surface area (Å²) in [6.45, 7) is 2.35. The van der Waals surface area contributed by atoms with Crippen LogP contribution in [0.2, 0.25) is 0 Å². The molecule has 1 unspecified atom stereocenters. The highest BCUT2D eigenvalue weighted by Gasteiger charge is 2.06. The summed E-state index contributed by atoms with van der Waals surface area (Å²) in [6, 6.07) is 26.3. The van der Waals surface area contributed by atoms with Gasteiger partial charge in [0.05, 0.1) is 0 Å². The molecular formula is C22H24. The van der Waals surface area contributed by atoms with Crippen molar-refractivity contribution in [1.29, 1.82) is 0 Å². The minimum Gasteiger partial charge on any atom is -0.0622 e. The van der Waals surface area contributed by atoms with Crippen molar-refractivity contribution < 1.29 is 0 Å². The molecule has 1 atom stereocenters. The van der Waals surface area contributed by atoms with Gasteiger partial charge in [0.2, 0.25) is 0 Å². The number of hydrogen-bond acceptors (Lipinski definition) is 0. The van der Waals surface area contributed by atoms with Gasteiger partial charge < -0.3 is 0 Å². The van der Waals surface area contributed by atoms with Crippen LogP contribution in [0.1, 0.15) is 43.2 Å². The smallest absolute Gasteiger partial charge is 0.0181 e. The van der Waals surface area contributed by atoms with E-state index in [0.29, 0.717) is 5.92 Å². The van der Waals surface area contributed by atoms with Crippen molar-refractivity contribution in [3.8, 4) is 0 Å². The van der Waals surface area contributed by atoms with E-state index in [-0.39, 0.29) is 0 Å². The van der Waals surface area contributed by atoms with Crippen LogP contribution >= 0.6 is 0 Å². The van der Waals surface area contributed by atoms with Crippen LogP contribution in [0.3, 0.4) is 0 Å². The molecule has 3 aromatic carbocycles. The molecule has 0 aliphatic heterocycles. The van der Waals surface area contributed by atoms with Crippen molar-refractivity contribution in [1.82, 2.24) is 0 Å². The first-order chi connectivity index (χ1) is 10.8. The molecular weight excluding hydrogens is 264 g/mol. The number of hydrogen-bond donors (Lipinski definition) is 0. The van der Waals surface area contributed by atoms with E-state index in [9.17, 15) is 0 Å². The van der Waals surface area contributed by atoms with Gasteiger partial charge in [-0.2, -0.15) is 0 Å². The molecule has 0 heterocycles. The van der Waals surface area contributed by atoms with E-state index in [1.54, 1.807) is 0 Å². The molecule has 0 aliphatic carbocycles. The van der Waals surface area contributed by atoms with Gasteiger partial charge in [0.1, 0.15) is 0 Å². The van der Waals surface area contributed by atoms with Crippen LogP contribution in [0.25, 0.3) is 10.8 Å². The maximum Gasteiger partial charge on any atom is -0.0181 e. The predicted molar refractivity (Wildman–Crippen MR) is 96.4 cm³/mol. The summed E-state index contributed by atoms with van der Waals surface area (Å²) in [7, 11) is 0. The lowest BCUT2D eigenvalue weighted by molar-refractivity contribution is 0.605. The SMILES string of the molecule is CC(CCCCc1ccccc1)c1ccc2ccccc2c1. The summed E-state index contributed by atoms with van der Waals surface area (Å²) >= 11 is 0. The Morgan fingerprint density at radius 1 is 0.727 bits per heavy atom. The number of benzene rings is 3. The fourth-order valence-corrected chi connectivity index (χ4v) is 3.11. The van der Waals surface area contributed by atoms with Crippen molar-refractivity contribution in [2.24, 2.45) is 0 Å². The van der Waals surface area contributed by atoms with Gasteiger partial charge in [-0.1, -0.05) is 86.1 Å². The minimum atomic E-state index is 0.639. The molecule has 3 aromatic rings. The van der Waals surface area contributed by atoms with Gasteiger partial charge in [0.25, 0.3) is 0 Å². The molecule has 0 amide bonds. The van der Waals surface area contributed by atoms with E-state index in [1.807, 2.05) is 0 Å². The minimum absolute atomic E-state index is 0.639. The molecule has 0 saturated carbocycles. The molecule has 112 valence electrons. The van der Waals surface area contributed by atoms with Crippen LogP contribution in [0, 0.1) is 0 Å². The molecule has 0 spiro atoms. The van der Waals surface area contributed by atoms with E-state index < -0.39 is 0 Å². The molecule has 0 fully saturated rings. The third-order valence-corrected chi connectivity index (χ3v) is 4.54. The monoisotopic (exact) mass is 288 g/mol. The summed E-state index contributed by atoms with van der Waals surface area (Å²) in [4.78, 5) is 0. The predicted octanol–water partition coefficient (Wildman–Crippen LogP) is 6.36. The van der Waals surface area contributed by atoms with Crippen LogP contribution in [0.4, 0.5) is 0 Å². The molecule has 0 N–H and O–H groups in total. The molecule has 0 aliphatic rings. The molecule has 0 nitrogen and oxygen atoms in total. The first-order valence-corrected chi connectivity index (χ1v) is 8.35. The average molecular weight is 288 g/mol. The normalized spacial score (nSPS) is 12.4. The second-order valence-corrected chi connectivity index (χ2v) is 6.24. The summed E-state index contributed by atoms with van der Waals surface area (Å²) in [6.07, 6.45) is 5.04. The first-order valence-electron chi connectivity index (χ1n) is 8.35. The lowest BCUT2D eigenvalue weighted by atomic mass is 9.93. The zero-order valence-electron chi connectivity index (χ0n) is 13.3. The number of aryl methyl sites for hydroxylation is 1. The highest BCUT2D eigenvalue weighted by Crippen LogP contribution is 2.25. The number of rotatable bonds is 6. The zero-order chi connectivity index (χ0) is 15.2. The van der Waals surface area contributed by atoms with E-state index in [0.717, 1.165) is 0 Å². The fraction of sp³-hybridized carbons (Fsp3) is 0.273. The third kappa shape index (κ3) is 3.76. The lowest BCUT2D eigenvalue weighted by Gasteiger charge is -2.13. The molecule has 3 rings (SSSR count).